The number of ether oxygens (including phenoxy) is 1. The number of nitrogens with zero attached hydrogens (tertiary/aromatic N) is 2. The first kappa shape index (κ1) is 33.2. The Labute approximate surface area is 273 Å². The highest BCUT2D eigenvalue weighted by molar-refractivity contribution is 7.13. The zero-order chi connectivity index (χ0) is 33.2. The van der Waals surface area contributed by atoms with E-state index in [1.165, 1.54) is 4.90 Å². The van der Waals surface area contributed by atoms with E-state index in [0.717, 1.165) is 28.1 Å². The van der Waals surface area contributed by atoms with Crippen molar-refractivity contribution >= 4 is 40.0 Å². The van der Waals surface area contributed by atoms with Crippen molar-refractivity contribution in [3.8, 4) is 16.2 Å². The maximum atomic E-state index is 14.0. The summed E-state index contributed by atoms with van der Waals surface area (Å²) in [7, 11) is 0. The van der Waals surface area contributed by atoms with Crippen molar-refractivity contribution in [1.29, 1.82) is 0 Å². The van der Waals surface area contributed by atoms with E-state index >= 15 is 0 Å². The van der Waals surface area contributed by atoms with E-state index in [9.17, 15) is 19.5 Å². The molecule has 1 aliphatic rings. The zero-order valence-electron chi connectivity index (χ0n) is 27.1. The molecule has 3 N–H and O–H groups in total. The van der Waals surface area contributed by atoms with Crippen molar-refractivity contribution in [3.05, 3.63) is 71.1 Å². The number of aryl methyl sites for hydroxylation is 1. The number of β-amino-alcohol motifs (C(OH)–C–C–N with tert-alkyl or cyclic N) is 1. The highest BCUT2D eigenvalue weighted by Crippen LogP contribution is 2.30. The van der Waals surface area contributed by atoms with Crippen LogP contribution >= 0.6 is 11.3 Å². The molecule has 0 radical (unpaired) electrons. The first-order chi connectivity index (χ1) is 21.8. The lowest BCUT2D eigenvalue weighted by atomic mass is 9.85. The van der Waals surface area contributed by atoms with Crippen molar-refractivity contribution in [1.82, 2.24) is 20.5 Å². The van der Waals surface area contributed by atoms with Crippen molar-refractivity contribution in [2.75, 3.05) is 13.2 Å². The predicted molar refractivity (Wildman–Crippen MR) is 178 cm³/mol. The van der Waals surface area contributed by atoms with Gasteiger partial charge >= 0.3 is 0 Å². The summed E-state index contributed by atoms with van der Waals surface area (Å²) in [5.74, 6) is -0.616. The van der Waals surface area contributed by atoms with Crippen LogP contribution in [-0.4, -0.2) is 64.1 Å². The molecule has 0 aliphatic carbocycles. The van der Waals surface area contributed by atoms with Crippen LogP contribution in [0.15, 0.2) is 58.5 Å². The van der Waals surface area contributed by atoms with Crippen molar-refractivity contribution in [2.24, 2.45) is 5.41 Å². The van der Waals surface area contributed by atoms with Crippen LogP contribution in [0.3, 0.4) is 0 Å². The Kier molecular flexibility index (Phi) is 9.83. The molecule has 3 amide bonds. The Morgan fingerprint density at radius 3 is 2.52 bits per heavy atom. The fourth-order valence-corrected chi connectivity index (χ4v) is 6.47. The quantitative estimate of drug-likeness (QED) is 0.203. The number of amides is 3. The molecule has 46 heavy (non-hydrogen) atoms. The molecule has 1 fully saturated rings. The molecule has 0 saturated carbocycles. The second kappa shape index (κ2) is 13.6. The van der Waals surface area contributed by atoms with E-state index in [0.29, 0.717) is 23.3 Å². The molecule has 244 valence electrons. The van der Waals surface area contributed by atoms with Gasteiger partial charge in [0.1, 0.15) is 23.4 Å². The van der Waals surface area contributed by atoms with Gasteiger partial charge in [-0.2, -0.15) is 0 Å². The maximum absolute atomic E-state index is 14.0. The van der Waals surface area contributed by atoms with E-state index in [4.69, 9.17) is 9.15 Å². The number of carbonyl (C=O) groups is 3. The second-order valence-electron chi connectivity index (χ2n) is 12.9. The molecular formula is C35H42N4O6S. The van der Waals surface area contributed by atoms with Crippen LogP contribution in [0.1, 0.15) is 75.3 Å². The summed E-state index contributed by atoms with van der Waals surface area (Å²) >= 11 is 1.58. The van der Waals surface area contributed by atoms with Gasteiger partial charge in [-0.3, -0.25) is 14.4 Å². The van der Waals surface area contributed by atoms with Crippen LogP contribution in [0.25, 0.3) is 21.4 Å². The number of fused-ring (bicyclic) bond motifs is 1. The number of rotatable bonds is 10. The number of likely N-dealkylation sites (tertiary alicyclic amines) is 1. The minimum absolute atomic E-state index is 0.0121. The van der Waals surface area contributed by atoms with Gasteiger partial charge in [-0.15, -0.1) is 11.3 Å². The van der Waals surface area contributed by atoms with Gasteiger partial charge in [0.25, 0.3) is 5.91 Å². The van der Waals surface area contributed by atoms with Gasteiger partial charge in [-0.25, -0.2) is 4.98 Å². The number of nitrogens with one attached hydrogen (secondary N) is 2. The fourth-order valence-electron chi connectivity index (χ4n) is 5.66. The molecule has 2 aromatic carbocycles. The molecule has 2 aromatic heterocycles. The number of aliphatic hydroxyl groups is 1. The summed E-state index contributed by atoms with van der Waals surface area (Å²) in [5.41, 5.74) is 4.57. The van der Waals surface area contributed by atoms with Crippen LogP contribution in [-0.2, 0) is 9.59 Å². The first-order valence-corrected chi connectivity index (χ1v) is 16.5. The molecule has 3 heterocycles. The minimum atomic E-state index is -0.988. The van der Waals surface area contributed by atoms with Gasteiger partial charge in [-0.05, 0) is 61.1 Å². The van der Waals surface area contributed by atoms with Crippen LogP contribution in [0.5, 0.6) is 5.75 Å². The fraction of sp³-hybridized carbons (Fsp3) is 0.429. The molecule has 1 aliphatic heterocycles. The van der Waals surface area contributed by atoms with Gasteiger partial charge in [0.2, 0.25) is 11.8 Å². The Bertz CT molecular complexity index is 1710. The van der Waals surface area contributed by atoms with Gasteiger partial charge < -0.3 is 29.8 Å². The lowest BCUT2D eigenvalue weighted by molar-refractivity contribution is -0.142. The highest BCUT2D eigenvalue weighted by Gasteiger charge is 2.45. The third kappa shape index (κ3) is 7.26. The highest BCUT2D eigenvalue weighted by atomic mass is 32.1. The number of aromatic nitrogens is 1. The molecule has 5 rings (SSSR count). The van der Waals surface area contributed by atoms with E-state index in [-0.39, 0.29) is 30.7 Å². The number of hydrogen-bond donors (Lipinski definition) is 3. The molecule has 0 bridgehead atoms. The van der Waals surface area contributed by atoms with Gasteiger partial charge in [-0.1, -0.05) is 52.0 Å². The predicted octanol–water partition coefficient (Wildman–Crippen LogP) is 5.64. The molecule has 1 saturated heterocycles. The molecule has 11 heteroatoms. The second-order valence-corrected chi connectivity index (χ2v) is 13.8. The zero-order valence-corrected chi connectivity index (χ0v) is 27.9. The third-order valence-electron chi connectivity index (χ3n) is 8.21. The first-order valence-electron chi connectivity index (χ1n) is 15.6. The number of thiazole rings is 1. The molecule has 0 unspecified atom stereocenters. The van der Waals surface area contributed by atoms with Crippen LogP contribution in [0.2, 0.25) is 0 Å². The molecular weight excluding hydrogens is 604 g/mol. The Morgan fingerprint density at radius 2 is 1.87 bits per heavy atom. The summed E-state index contributed by atoms with van der Waals surface area (Å²) in [5, 5.41) is 17.1. The van der Waals surface area contributed by atoms with Gasteiger partial charge in [0.15, 0.2) is 5.76 Å². The Balaban J connectivity index is 1.28. The van der Waals surface area contributed by atoms with Gasteiger partial charge in [0, 0.05) is 18.4 Å². The largest absolute Gasteiger partial charge is 0.494 e. The monoisotopic (exact) mass is 646 g/mol. The lowest BCUT2D eigenvalue weighted by Crippen LogP contribution is -2.57. The summed E-state index contributed by atoms with van der Waals surface area (Å²) in [6.07, 6.45) is 0.106. The molecule has 4 aromatic rings. The molecule has 10 nitrogen and oxygen atoms in total. The number of aliphatic hydroxyl groups excluding tert-OH is 1. The standard InChI is InChI=1S/C35H42N4O6S/c1-7-14-44-26-12-13-28-24(15-26)16-29(45-28)33(42)38-31(35(4,5)6)34(43)39-18-25(40)17-27(39)32(41)37-20(2)22-8-10-23(11-9-22)30-21(3)36-19-46-30/h8-13,15-16,19-20,25,27,31,40H,7,14,17-18H2,1-6H3,(H,37,41)(H,38,42)/t20-,25+,27-,31+/m0/s1. The summed E-state index contributed by atoms with van der Waals surface area (Å²) in [6, 6.07) is 12.7. The normalized spacial score (nSPS) is 17.9. The van der Waals surface area contributed by atoms with E-state index in [1.807, 2.05) is 77.4 Å². The summed E-state index contributed by atoms with van der Waals surface area (Å²) in [6.45, 7) is 12.0. The van der Waals surface area contributed by atoms with Crippen LogP contribution < -0.4 is 15.4 Å². The van der Waals surface area contributed by atoms with Crippen LogP contribution in [0, 0.1) is 12.3 Å². The SMILES string of the molecule is CCCOc1ccc2oc(C(=O)N[C@H](C(=O)N3C[C@H](O)C[C@H]3C(=O)N[C@@H](C)c3ccc(-c4scnc4C)cc3)C(C)(C)C)cc2c1. The lowest BCUT2D eigenvalue weighted by Gasteiger charge is -2.35. The smallest absolute Gasteiger partial charge is 0.287 e. The summed E-state index contributed by atoms with van der Waals surface area (Å²) < 4.78 is 11.5. The average Bonchev–Trinajstić information content (AvgIpc) is 3.75. The van der Waals surface area contributed by atoms with Crippen molar-refractivity contribution < 1.29 is 28.6 Å². The van der Waals surface area contributed by atoms with Gasteiger partial charge in [0.05, 0.1) is 34.8 Å². The van der Waals surface area contributed by atoms with Crippen molar-refractivity contribution in [2.45, 2.75) is 78.6 Å². The number of hydrogen-bond acceptors (Lipinski definition) is 8. The average molecular weight is 647 g/mol. The van der Waals surface area contributed by atoms with Crippen LogP contribution in [0.4, 0.5) is 0 Å². The van der Waals surface area contributed by atoms with E-state index in [2.05, 4.69) is 15.6 Å². The van der Waals surface area contributed by atoms with E-state index in [1.54, 1.807) is 29.5 Å². The maximum Gasteiger partial charge on any atom is 0.287 e. The third-order valence-corrected chi connectivity index (χ3v) is 9.19. The van der Waals surface area contributed by atoms with E-state index < -0.39 is 35.4 Å². The minimum Gasteiger partial charge on any atom is -0.494 e. The number of furan rings is 1. The topological polar surface area (TPSA) is 134 Å². The number of benzene rings is 2. The Hall–Kier alpha value is -4.22. The summed E-state index contributed by atoms with van der Waals surface area (Å²) in [4.78, 5) is 47.8. The Morgan fingerprint density at radius 1 is 1.13 bits per heavy atom. The molecule has 0 spiro atoms. The molecule has 4 atom stereocenters. The number of carbonyl (C=O) groups excluding carboxylic acids is 3. The van der Waals surface area contributed by atoms with Crippen molar-refractivity contribution in [3.63, 3.8) is 0 Å².